The van der Waals surface area contributed by atoms with E-state index in [1.54, 1.807) is 54.6 Å². The first-order valence-corrected chi connectivity index (χ1v) is 11.4. The number of amides is 1. The number of halogens is 1. The molecule has 0 radical (unpaired) electrons. The molecule has 0 bridgehead atoms. The molecule has 2 N–H and O–H groups in total. The SMILES string of the molecule is O=C(Nc1ccc(Br)cc1)c1ccc(NS(=O)(=O)c2ccc3ccccc3c2)cc1. The molecule has 4 aromatic rings. The highest BCUT2D eigenvalue weighted by molar-refractivity contribution is 9.10. The van der Waals surface area contributed by atoms with Crippen molar-refractivity contribution >= 4 is 54.0 Å². The molecular formula is C23H17BrN2O3S. The summed E-state index contributed by atoms with van der Waals surface area (Å²) in [4.78, 5) is 12.6. The van der Waals surface area contributed by atoms with E-state index in [0.29, 0.717) is 16.9 Å². The van der Waals surface area contributed by atoms with Crippen molar-refractivity contribution in [2.75, 3.05) is 10.0 Å². The Morgan fingerprint density at radius 1 is 0.733 bits per heavy atom. The van der Waals surface area contributed by atoms with Crippen molar-refractivity contribution in [3.05, 3.63) is 101 Å². The fraction of sp³-hybridized carbons (Fsp3) is 0. The minimum Gasteiger partial charge on any atom is -0.322 e. The average molecular weight is 481 g/mol. The van der Waals surface area contributed by atoms with E-state index in [-0.39, 0.29) is 10.8 Å². The molecule has 150 valence electrons. The molecule has 0 aliphatic heterocycles. The van der Waals surface area contributed by atoms with E-state index in [1.165, 1.54) is 0 Å². The number of anilines is 2. The van der Waals surface area contributed by atoms with Crippen molar-refractivity contribution in [3.8, 4) is 0 Å². The predicted octanol–water partition coefficient (Wildman–Crippen LogP) is 5.66. The van der Waals surface area contributed by atoms with Crippen LogP contribution in [-0.4, -0.2) is 14.3 Å². The summed E-state index contributed by atoms with van der Waals surface area (Å²) < 4.78 is 29.0. The number of carbonyl (C=O) groups excluding carboxylic acids is 1. The van der Waals surface area contributed by atoms with Gasteiger partial charge in [-0.15, -0.1) is 0 Å². The summed E-state index contributed by atoms with van der Waals surface area (Å²) in [6.45, 7) is 0. The molecule has 0 heterocycles. The van der Waals surface area contributed by atoms with Crippen molar-refractivity contribution in [1.82, 2.24) is 0 Å². The van der Waals surface area contributed by atoms with Crippen LogP contribution in [0.25, 0.3) is 10.8 Å². The second-order valence-electron chi connectivity index (χ2n) is 6.65. The van der Waals surface area contributed by atoms with Gasteiger partial charge >= 0.3 is 0 Å². The van der Waals surface area contributed by atoms with Crippen molar-refractivity contribution in [2.45, 2.75) is 4.90 Å². The van der Waals surface area contributed by atoms with Gasteiger partial charge < -0.3 is 5.32 Å². The van der Waals surface area contributed by atoms with Crippen molar-refractivity contribution < 1.29 is 13.2 Å². The zero-order chi connectivity index (χ0) is 21.1. The van der Waals surface area contributed by atoms with Gasteiger partial charge in [0.05, 0.1) is 4.90 Å². The van der Waals surface area contributed by atoms with Gasteiger partial charge in [-0.25, -0.2) is 8.42 Å². The van der Waals surface area contributed by atoms with Gasteiger partial charge in [0.2, 0.25) is 0 Å². The van der Waals surface area contributed by atoms with Crippen LogP contribution in [0.15, 0.2) is 100 Å². The first-order valence-electron chi connectivity index (χ1n) is 9.09. The molecule has 30 heavy (non-hydrogen) atoms. The summed E-state index contributed by atoms with van der Waals surface area (Å²) in [6.07, 6.45) is 0. The van der Waals surface area contributed by atoms with Crippen LogP contribution in [0, 0.1) is 0 Å². The quantitative estimate of drug-likeness (QED) is 0.387. The van der Waals surface area contributed by atoms with Crippen LogP contribution in [0.3, 0.4) is 0 Å². The fourth-order valence-electron chi connectivity index (χ4n) is 2.97. The Kier molecular flexibility index (Phi) is 5.57. The number of fused-ring (bicyclic) bond motifs is 1. The first kappa shape index (κ1) is 20.1. The molecule has 0 spiro atoms. The van der Waals surface area contributed by atoms with Gasteiger partial charge in [0.25, 0.3) is 15.9 Å². The third kappa shape index (κ3) is 4.53. The minimum atomic E-state index is -3.75. The molecule has 0 saturated carbocycles. The lowest BCUT2D eigenvalue weighted by Crippen LogP contribution is -2.14. The number of hydrogen-bond acceptors (Lipinski definition) is 3. The molecule has 0 unspecified atom stereocenters. The van der Waals surface area contributed by atoms with Gasteiger partial charge in [0.1, 0.15) is 0 Å². The van der Waals surface area contributed by atoms with E-state index in [2.05, 4.69) is 26.0 Å². The van der Waals surface area contributed by atoms with Crippen LogP contribution >= 0.6 is 15.9 Å². The van der Waals surface area contributed by atoms with Crippen molar-refractivity contribution in [1.29, 1.82) is 0 Å². The van der Waals surface area contributed by atoms with Gasteiger partial charge in [-0.1, -0.05) is 46.3 Å². The summed E-state index contributed by atoms with van der Waals surface area (Å²) in [7, 11) is -3.75. The van der Waals surface area contributed by atoms with Crippen molar-refractivity contribution in [3.63, 3.8) is 0 Å². The molecule has 7 heteroatoms. The molecule has 5 nitrogen and oxygen atoms in total. The van der Waals surface area contributed by atoms with Gasteiger partial charge in [-0.05, 0) is 71.4 Å². The van der Waals surface area contributed by atoms with Crippen molar-refractivity contribution in [2.24, 2.45) is 0 Å². The molecule has 0 aliphatic carbocycles. The van der Waals surface area contributed by atoms with Crippen LogP contribution in [-0.2, 0) is 10.0 Å². The third-order valence-electron chi connectivity index (χ3n) is 4.53. The van der Waals surface area contributed by atoms with E-state index in [4.69, 9.17) is 0 Å². The number of hydrogen-bond donors (Lipinski definition) is 2. The van der Waals surface area contributed by atoms with Crippen LogP contribution in [0.4, 0.5) is 11.4 Å². The van der Waals surface area contributed by atoms with Gasteiger partial charge in [-0.3, -0.25) is 9.52 Å². The van der Waals surface area contributed by atoms with Crippen LogP contribution in [0.1, 0.15) is 10.4 Å². The maximum Gasteiger partial charge on any atom is 0.261 e. The van der Waals surface area contributed by atoms with Gasteiger partial charge in [-0.2, -0.15) is 0 Å². The van der Waals surface area contributed by atoms with Crippen LogP contribution in [0.5, 0.6) is 0 Å². The Bertz CT molecular complexity index is 1320. The molecule has 4 rings (SSSR count). The second-order valence-corrected chi connectivity index (χ2v) is 9.25. The lowest BCUT2D eigenvalue weighted by atomic mass is 10.1. The molecule has 0 fully saturated rings. The Labute approximate surface area is 182 Å². The van der Waals surface area contributed by atoms with E-state index in [9.17, 15) is 13.2 Å². The highest BCUT2D eigenvalue weighted by Gasteiger charge is 2.15. The summed E-state index contributed by atoms with van der Waals surface area (Å²) >= 11 is 3.35. The van der Waals surface area contributed by atoms with Crippen LogP contribution in [0.2, 0.25) is 0 Å². The van der Waals surface area contributed by atoms with E-state index in [1.807, 2.05) is 36.4 Å². The Morgan fingerprint density at radius 2 is 1.37 bits per heavy atom. The number of carbonyl (C=O) groups is 1. The average Bonchev–Trinajstić information content (AvgIpc) is 2.75. The normalized spacial score (nSPS) is 11.2. The van der Waals surface area contributed by atoms with E-state index >= 15 is 0 Å². The molecule has 0 aliphatic rings. The lowest BCUT2D eigenvalue weighted by Gasteiger charge is -2.10. The standard InChI is InChI=1S/C23H17BrN2O3S/c24-19-8-12-20(13-9-19)25-23(27)17-5-10-21(11-6-17)26-30(28,29)22-14-7-16-3-1-2-4-18(16)15-22/h1-15,26H,(H,25,27). The smallest absolute Gasteiger partial charge is 0.261 e. The Morgan fingerprint density at radius 3 is 2.07 bits per heavy atom. The van der Waals surface area contributed by atoms with Crippen LogP contribution < -0.4 is 10.0 Å². The number of sulfonamides is 1. The second kappa shape index (κ2) is 8.30. The summed E-state index contributed by atoms with van der Waals surface area (Å²) in [5.41, 5.74) is 1.47. The maximum absolute atomic E-state index is 12.7. The Balaban J connectivity index is 1.49. The topological polar surface area (TPSA) is 75.3 Å². The molecule has 0 saturated heterocycles. The highest BCUT2D eigenvalue weighted by atomic mass is 79.9. The Hall–Kier alpha value is -3.16. The first-order chi connectivity index (χ1) is 14.4. The zero-order valence-corrected chi connectivity index (χ0v) is 18.1. The zero-order valence-electron chi connectivity index (χ0n) is 15.7. The van der Waals surface area contributed by atoms with Gasteiger partial charge in [0, 0.05) is 21.4 Å². The fourth-order valence-corrected chi connectivity index (χ4v) is 4.33. The highest BCUT2D eigenvalue weighted by Crippen LogP contribution is 2.22. The molecule has 4 aromatic carbocycles. The predicted molar refractivity (Wildman–Crippen MR) is 123 cm³/mol. The van der Waals surface area contributed by atoms with Gasteiger partial charge in [0.15, 0.2) is 0 Å². The largest absolute Gasteiger partial charge is 0.322 e. The summed E-state index contributed by atoms with van der Waals surface area (Å²) in [6, 6.07) is 26.1. The summed E-state index contributed by atoms with van der Waals surface area (Å²) in [5, 5.41) is 4.62. The maximum atomic E-state index is 12.7. The van der Waals surface area contributed by atoms with E-state index < -0.39 is 10.0 Å². The number of rotatable bonds is 5. The molecule has 0 atom stereocenters. The minimum absolute atomic E-state index is 0.179. The number of nitrogens with one attached hydrogen (secondary N) is 2. The molecule has 1 amide bonds. The monoisotopic (exact) mass is 480 g/mol. The molecular weight excluding hydrogens is 464 g/mol. The molecule has 0 aromatic heterocycles. The lowest BCUT2D eigenvalue weighted by molar-refractivity contribution is 0.102. The summed E-state index contributed by atoms with van der Waals surface area (Å²) in [5.74, 6) is -0.277. The van der Waals surface area contributed by atoms with E-state index in [0.717, 1.165) is 15.2 Å². The third-order valence-corrected chi connectivity index (χ3v) is 6.44. The number of benzene rings is 4.